The molecule has 0 amide bonds. The summed E-state index contributed by atoms with van der Waals surface area (Å²) in [6.07, 6.45) is -3.19. The zero-order chi connectivity index (χ0) is 15.6. The molecule has 1 aromatic heterocycles. The molecule has 2 rings (SSSR count). The first-order chi connectivity index (χ1) is 9.82. The van der Waals surface area contributed by atoms with Crippen molar-refractivity contribution in [3.63, 3.8) is 0 Å². The molecule has 0 fully saturated rings. The molecule has 0 unspecified atom stereocenters. The van der Waals surface area contributed by atoms with Crippen LogP contribution in [0.3, 0.4) is 0 Å². The van der Waals surface area contributed by atoms with Gasteiger partial charge >= 0.3 is 11.9 Å². The van der Waals surface area contributed by atoms with Crippen molar-refractivity contribution in [3.05, 3.63) is 52.2 Å². The predicted octanol–water partition coefficient (Wildman–Crippen LogP) is 3.72. The summed E-state index contributed by atoms with van der Waals surface area (Å²) < 4.78 is 38.0. The van der Waals surface area contributed by atoms with Crippen LogP contribution in [0.4, 0.5) is 24.7 Å². The number of hydrogen-bond acceptors (Lipinski definition) is 4. The van der Waals surface area contributed by atoms with Crippen molar-refractivity contribution in [2.24, 2.45) is 0 Å². The number of hydrogen-bond donors (Lipinski definition) is 1. The highest BCUT2D eigenvalue weighted by Gasteiger charge is 2.30. The number of nitrogens with one attached hydrogen (secondary N) is 1. The lowest BCUT2D eigenvalue weighted by atomic mass is 10.0. The second kappa shape index (κ2) is 5.39. The number of alkyl halides is 3. The summed E-state index contributed by atoms with van der Waals surface area (Å²) in [5.41, 5.74) is -0.664. The normalized spacial score (nSPS) is 11.2. The second-order valence-corrected chi connectivity index (χ2v) is 4.18. The fourth-order valence-corrected chi connectivity index (χ4v) is 1.82. The molecule has 0 radical (unpaired) electrons. The van der Waals surface area contributed by atoms with Crippen LogP contribution < -0.4 is 5.32 Å². The van der Waals surface area contributed by atoms with Gasteiger partial charge in [0.05, 0.1) is 10.5 Å². The average molecular weight is 297 g/mol. The van der Waals surface area contributed by atoms with Gasteiger partial charge in [0.15, 0.2) is 0 Å². The zero-order valence-corrected chi connectivity index (χ0v) is 10.8. The van der Waals surface area contributed by atoms with E-state index in [0.717, 1.165) is 12.1 Å². The van der Waals surface area contributed by atoms with Gasteiger partial charge in [0.1, 0.15) is 0 Å². The van der Waals surface area contributed by atoms with E-state index in [-0.39, 0.29) is 22.6 Å². The maximum Gasteiger partial charge on any atom is 0.416 e. The van der Waals surface area contributed by atoms with Crippen LogP contribution in [0.5, 0.6) is 0 Å². The Kier molecular flexibility index (Phi) is 3.79. The molecular formula is C13H10F3N3O2. The van der Waals surface area contributed by atoms with Gasteiger partial charge in [0, 0.05) is 24.9 Å². The monoisotopic (exact) mass is 297 g/mol. The Labute approximate surface area is 117 Å². The van der Waals surface area contributed by atoms with Crippen LogP contribution in [-0.4, -0.2) is 17.0 Å². The van der Waals surface area contributed by atoms with Crippen molar-refractivity contribution in [2.45, 2.75) is 6.18 Å². The van der Waals surface area contributed by atoms with Gasteiger partial charge in [0.2, 0.25) is 5.82 Å². The van der Waals surface area contributed by atoms with E-state index in [2.05, 4.69) is 10.3 Å². The minimum Gasteiger partial charge on any atom is -0.367 e. The molecule has 0 saturated carbocycles. The van der Waals surface area contributed by atoms with Gasteiger partial charge < -0.3 is 5.32 Å². The largest absolute Gasteiger partial charge is 0.416 e. The van der Waals surface area contributed by atoms with E-state index in [9.17, 15) is 23.3 Å². The fourth-order valence-electron chi connectivity index (χ4n) is 1.82. The molecule has 1 N–H and O–H groups in total. The summed E-state index contributed by atoms with van der Waals surface area (Å²) in [5.74, 6) is 0.0516. The minimum absolute atomic E-state index is 0.0516. The first-order valence-corrected chi connectivity index (χ1v) is 5.82. The maximum atomic E-state index is 12.7. The van der Waals surface area contributed by atoms with Gasteiger partial charge in [0.25, 0.3) is 0 Å². The molecule has 1 aromatic carbocycles. The van der Waals surface area contributed by atoms with Gasteiger partial charge in [-0.25, -0.2) is 4.98 Å². The third-order valence-electron chi connectivity index (χ3n) is 2.82. The third-order valence-corrected chi connectivity index (χ3v) is 2.82. The van der Waals surface area contributed by atoms with Crippen molar-refractivity contribution in [2.75, 3.05) is 12.4 Å². The first-order valence-electron chi connectivity index (χ1n) is 5.82. The van der Waals surface area contributed by atoms with Crippen LogP contribution in [0, 0.1) is 10.1 Å². The summed E-state index contributed by atoms with van der Waals surface area (Å²) >= 11 is 0. The molecule has 2 aromatic rings. The maximum absolute atomic E-state index is 12.7. The lowest BCUT2D eigenvalue weighted by Crippen LogP contribution is -2.04. The van der Waals surface area contributed by atoms with Gasteiger partial charge in [-0.3, -0.25) is 10.1 Å². The SMILES string of the molecule is CNc1ncc(-c2cccc(C(F)(F)F)c2)cc1[N+](=O)[O-]. The van der Waals surface area contributed by atoms with Crippen LogP contribution >= 0.6 is 0 Å². The van der Waals surface area contributed by atoms with E-state index in [1.165, 1.54) is 31.4 Å². The Balaban J connectivity index is 2.52. The smallest absolute Gasteiger partial charge is 0.367 e. The van der Waals surface area contributed by atoms with Crippen LogP contribution in [0.15, 0.2) is 36.5 Å². The Hall–Kier alpha value is -2.64. The Bertz CT molecular complexity index is 687. The van der Waals surface area contributed by atoms with E-state index < -0.39 is 16.7 Å². The number of halogens is 3. The fraction of sp³-hybridized carbons (Fsp3) is 0.154. The highest BCUT2D eigenvalue weighted by molar-refractivity contribution is 5.70. The number of benzene rings is 1. The molecule has 0 bridgehead atoms. The standard InChI is InChI=1S/C13H10F3N3O2/c1-17-12-11(19(20)21)6-9(7-18-12)8-3-2-4-10(5-8)13(14,15)16/h2-7H,1H3,(H,17,18). The molecule has 0 saturated heterocycles. The molecule has 0 aliphatic carbocycles. The second-order valence-electron chi connectivity index (χ2n) is 4.18. The molecular weight excluding hydrogens is 287 g/mol. The highest BCUT2D eigenvalue weighted by Crippen LogP contribution is 2.33. The van der Waals surface area contributed by atoms with E-state index in [0.29, 0.717) is 0 Å². The number of rotatable bonds is 3. The third kappa shape index (κ3) is 3.10. The van der Waals surface area contributed by atoms with Crippen molar-refractivity contribution in [3.8, 4) is 11.1 Å². The Morgan fingerprint density at radius 2 is 1.95 bits per heavy atom. The molecule has 0 atom stereocenters. The number of nitrogens with zero attached hydrogens (tertiary/aromatic N) is 2. The molecule has 110 valence electrons. The molecule has 0 spiro atoms. The summed E-state index contributed by atoms with van der Waals surface area (Å²) in [6, 6.07) is 5.74. The van der Waals surface area contributed by atoms with Crippen LogP contribution in [0.25, 0.3) is 11.1 Å². The topological polar surface area (TPSA) is 68.1 Å². The number of anilines is 1. The molecule has 0 aliphatic rings. The Morgan fingerprint density at radius 3 is 2.52 bits per heavy atom. The number of aromatic nitrogens is 1. The summed E-state index contributed by atoms with van der Waals surface area (Å²) in [4.78, 5) is 14.1. The van der Waals surface area contributed by atoms with Crippen LogP contribution in [0.1, 0.15) is 5.56 Å². The van der Waals surface area contributed by atoms with Gasteiger partial charge in [-0.2, -0.15) is 13.2 Å². The zero-order valence-electron chi connectivity index (χ0n) is 10.8. The van der Waals surface area contributed by atoms with E-state index in [4.69, 9.17) is 0 Å². The average Bonchev–Trinajstić information content (AvgIpc) is 2.45. The van der Waals surface area contributed by atoms with Crippen LogP contribution in [0.2, 0.25) is 0 Å². The predicted molar refractivity (Wildman–Crippen MR) is 70.9 cm³/mol. The van der Waals surface area contributed by atoms with E-state index in [1.807, 2.05) is 0 Å². The molecule has 21 heavy (non-hydrogen) atoms. The van der Waals surface area contributed by atoms with Crippen molar-refractivity contribution in [1.29, 1.82) is 0 Å². The molecule has 5 nitrogen and oxygen atoms in total. The van der Waals surface area contributed by atoms with E-state index in [1.54, 1.807) is 0 Å². The van der Waals surface area contributed by atoms with Crippen LogP contribution in [-0.2, 0) is 6.18 Å². The highest BCUT2D eigenvalue weighted by atomic mass is 19.4. The lowest BCUT2D eigenvalue weighted by molar-refractivity contribution is -0.384. The minimum atomic E-state index is -4.47. The lowest BCUT2D eigenvalue weighted by Gasteiger charge is -2.09. The summed E-state index contributed by atoms with van der Waals surface area (Å²) in [7, 11) is 1.47. The van der Waals surface area contributed by atoms with Crippen molar-refractivity contribution >= 4 is 11.5 Å². The number of pyridine rings is 1. The van der Waals surface area contributed by atoms with Gasteiger partial charge in [-0.1, -0.05) is 12.1 Å². The Morgan fingerprint density at radius 1 is 1.24 bits per heavy atom. The summed E-state index contributed by atoms with van der Waals surface area (Å²) in [6.45, 7) is 0. The molecule has 1 heterocycles. The van der Waals surface area contributed by atoms with Crippen molar-refractivity contribution < 1.29 is 18.1 Å². The van der Waals surface area contributed by atoms with Gasteiger partial charge in [-0.05, 0) is 17.7 Å². The van der Waals surface area contributed by atoms with Crippen molar-refractivity contribution in [1.82, 2.24) is 4.98 Å². The molecule has 0 aliphatic heterocycles. The molecule has 8 heteroatoms. The van der Waals surface area contributed by atoms with E-state index >= 15 is 0 Å². The summed E-state index contributed by atoms with van der Waals surface area (Å²) in [5, 5.41) is 13.5. The number of nitro groups is 1. The quantitative estimate of drug-likeness (QED) is 0.692. The first kappa shape index (κ1) is 14.8. The van der Waals surface area contributed by atoms with Gasteiger partial charge in [-0.15, -0.1) is 0 Å².